The standard InChI is InChI=1S/C34H35FN6O4/c1-2-34(13-17-44-18-14-34)20-23(21-36)32(42)39-16-6-7-25(22-39)40-28-12-15-38-31(37)30(28)41(33(40)43)24-10-11-29(27(35)19-24)45-26-8-4-3-5-9-26/h3-5,8-12,15,19-20,25H,2,6-7,13-14,16-18,22H2,1H3,(H2,37,38)/b23-20-/t25-/m1/s1. The van der Waals surface area contributed by atoms with Crippen molar-refractivity contribution in [3.8, 4) is 23.3 Å². The number of halogens is 1. The van der Waals surface area contributed by atoms with E-state index in [-0.39, 0.29) is 40.7 Å². The minimum Gasteiger partial charge on any atom is -0.454 e. The second kappa shape index (κ2) is 12.6. The zero-order valence-corrected chi connectivity index (χ0v) is 25.1. The summed E-state index contributed by atoms with van der Waals surface area (Å²) in [6.07, 6.45) is 6.96. The van der Waals surface area contributed by atoms with E-state index in [1.54, 1.807) is 45.9 Å². The number of nitrogens with zero attached hydrogens (tertiary/aromatic N) is 5. The summed E-state index contributed by atoms with van der Waals surface area (Å²) in [5.74, 6) is -0.369. The Kier molecular flexibility index (Phi) is 8.41. The predicted molar refractivity (Wildman–Crippen MR) is 168 cm³/mol. The van der Waals surface area contributed by atoms with Crippen LogP contribution >= 0.6 is 0 Å². The van der Waals surface area contributed by atoms with Crippen LogP contribution in [0.3, 0.4) is 0 Å². The number of likely N-dealkylation sites (tertiary alicyclic amines) is 1. The van der Waals surface area contributed by atoms with E-state index in [4.69, 9.17) is 15.2 Å². The minimum absolute atomic E-state index is 0.0150. The molecule has 2 N–H and O–H groups in total. The third-order valence-corrected chi connectivity index (χ3v) is 9.00. The van der Waals surface area contributed by atoms with Crippen molar-refractivity contribution in [1.82, 2.24) is 19.0 Å². The van der Waals surface area contributed by atoms with E-state index in [2.05, 4.69) is 18.0 Å². The lowest BCUT2D eigenvalue weighted by molar-refractivity contribution is -0.128. The molecule has 2 aliphatic rings. The Morgan fingerprint density at radius 3 is 2.71 bits per heavy atom. The summed E-state index contributed by atoms with van der Waals surface area (Å²) in [4.78, 5) is 33.7. The average Bonchev–Trinajstić information content (AvgIpc) is 3.38. The first-order chi connectivity index (χ1) is 21.8. The number of benzene rings is 2. The average molecular weight is 611 g/mol. The van der Waals surface area contributed by atoms with E-state index >= 15 is 4.39 Å². The van der Waals surface area contributed by atoms with Gasteiger partial charge in [0.05, 0.1) is 17.2 Å². The highest BCUT2D eigenvalue weighted by molar-refractivity contribution is 5.97. The van der Waals surface area contributed by atoms with Crippen LogP contribution in [0.1, 0.15) is 45.1 Å². The Bertz CT molecular complexity index is 1850. The Morgan fingerprint density at radius 2 is 2.00 bits per heavy atom. The van der Waals surface area contributed by atoms with Gasteiger partial charge in [0.1, 0.15) is 28.7 Å². The fourth-order valence-electron chi connectivity index (χ4n) is 6.46. The molecule has 0 radical (unpaired) electrons. The second-order valence-electron chi connectivity index (χ2n) is 11.6. The van der Waals surface area contributed by atoms with E-state index in [9.17, 15) is 14.9 Å². The molecule has 0 aliphatic carbocycles. The number of hydrogen-bond acceptors (Lipinski definition) is 7. The smallest absolute Gasteiger partial charge is 0.334 e. The lowest BCUT2D eigenvalue weighted by Gasteiger charge is -2.35. The van der Waals surface area contributed by atoms with Crippen LogP contribution in [-0.2, 0) is 9.53 Å². The predicted octanol–water partition coefficient (Wildman–Crippen LogP) is 5.52. The quantitative estimate of drug-likeness (QED) is 0.216. The lowest BCUT2D eigenvalue weighted by Crippen LogP contribution is -2.43. The SMILES string of the molecule is CCC1(/C=C(/C#N)C(=O)N2CCC[C@@H](n3c(=O)n(-c4ccc(Oc5ccccc5)c(F)c4)c4c(N)nccc43)C2)CCOCC1. The van der Waals surface area contributed by atoms with Crippen molar-refractivity contribution < 1.29 is 18.7 Å². The molecule has 0 bridgehead atoms. The maximum atomic E-state index is 15.3. The van der Waals surface area contributed by atoms with Crippen LogP contribution in [-0.4, -0.2) is 51.2 Å². The van der Waals surface area contributed by atoms with Gasteiger partial charge in [0.2, 0.25) is 0 Å². The maximum absolute atomic E-state index is 15.3. The summed E-state index contributed by atoms with van der Waals surface area (Å²) in [5.41, 5.74) is 6.89. The first kappa shape index (κ1) is 30.1. The van der Waals surface area contributed by atoms with Crippen LogP contribution in [0.25, 0.3) is 16.7 Å². The number of fused-ring (bicyclic) bond motifs is 1. The van der Waals surface area contributed by atoms with Gasteiger partial charge < -0.3 is 20.1 Å². The Balaban J connectivity index is 1.34. The number of imidazole rings is 1. The third kappa shape index (κ3) is 5.81. The fourth-order valence-corrected chi connectivity index (χ4v) is 6.46. The van der Waals surface area contributed by atoms with Crippen molar-refractivity contribution in [1.29, 1.82) is 5.26 Å². The number of piperidine rings is 1. The molecule has 4 heterocycles. The third-order valence-electron chi connectivity index (χ3n) is 9.00. The van der Waals surface area contributed by atoms with Crippen LogP contribution in [0.5, 0.6) is 11.5 Å². The Labute approximate surface area is 260 Å². The van der Waals surface area contributed by atoms with E-state index < -0.39 is 17.5 Å². The highest BCUT2D eigenvalue weighted by atomic mass is 19.1. The summed E-state index contributed by atoms with van der Waals surface area (Å²) in [6, 6.07) is 16.6. The van der Waals surface area contributed by atoms with Gasteiger partial charge in [0, 0.05) is 38.6 Å². The summed E-state index contributed by atoms with van der Waals surface area (Å²) in [6.45, 7) is 3.97. The zero-order chi connectivity index (χ0) is 31.6. The van der Waals surface area contributed by atoms with Crippen molar-refractivity contribution in [2.45, 2.75) is 45.1 Å². The summed E-state index contributed by atoms with van der Waals surface area (Å²) in [5, 5.41) is 10.0. The number of ether oxygens (including phenoxy) is 2. The van der Waals surface area contributed by atoms with Crippen molar-refractivity contribution in [3.63, 3.8) is 0 Å². The van der Waals surface area contributed by atoms with Gasteiger partial charge in [0.15, 0.2) is 11.6 Å². The van der Waals surface area contributed by atoms with E-state index in [0.29, 0.717) is 49.4 Å². The molecule has 2 aliphatic heterocycles. The molecule has 2 aromatic carbocycles. The van der Waals surface area contributed by atoms with Crippen LogP contribution in [0.15, 0.2) is 77.2 Å². The Hall–Kier alpha value is -4.95. The number of rotatable bonds is 7. The van der Waals surface area contributed by atoms with Crippen molar-refractivity contribution in [2.24, 2.45) is 5.41 Å². The normalized spacial score (nSPS) is 18.5. The number of anilines is 1. The lowest BCUT2D eigenvalue weighted by atomic mass is 9.76. The summed E-state index contributed by atoms with van der Waals surface area (Å²) in [7, 11) is 0. The molecule has 4 aromatic rings. The van der Waals surface area contributed by atoms with Gasteiger partial charge in [-0.15, -0.1) is 0 Å². The van der Waals surface area contributed by atoms with Gasteiger partial charge in [-0.1, -0.05) is 31.2 Å². The van der Waals surface area contributed by atoms with Gasteiger partial charge in [-0.3, -0.25) is 13.9 Å². The van der Waals surface area contributed by atoms with Crippen molar-refractivity contribution in [3.05, 3.63) is 88.7 Å². The molecule has 2 aromatic heterocycles. The molecule has 1 amide bonds. The number of amides is 1. The number of allylic oxidation sites excluding steroid dienone is 1. The number of hydrogen-bond donors (Lipinski definition) is 1. The molecular formula is C34H35FN6O4. The number of nitrogen functional groups attached to an aromatic ring is 1. The zero-order valence-electron chi connectivity index (χ0n) is 25.1. The molecule has 0 saturated carbocycles. The number of pyridine rings is 1. The number of carbonyl (C=O) groups excluding carboxylic acids is 1. The summed E-state index contributed by atoms with van der Waals surface area (Å²) >= 11 is 0. The fraction of sp³-hybridized carbons (Fsp3) is 0.353. The maximum Gasteiger partial charge on any atom is 0.334 e. The Morgan fingerprint density at radius 1 is 1.22 bits per heavy atom. The second-order valence-corrected chi connectivity index (χ2v) is 11.6. The topological polar surface area (TPSA) is 128 Å². The molecule has 1 atom stereocenters. The van der Waals surface area contributed by atoms with Crippen LogP contribution < -0.4 is 16.2 Å². The highest BCUT2D eigenvalue weighted by Gasteiger charge is 2.34. The molecule has 45 heavy (non-hydrogen) atoms. The van der Waals surface area contributed by atoms with Crippen molar-refractivity contribution >= 4 is 22.8 Å². The molecular weight excluding hydrogens is 575 g/mol. The first-order valence-corrected chi connectivity index (χ1v) is 15.2. The minimum atomic E-state index is -0.647. The number of aromatic nitrogens is 3. The molecule has 0 unspecified atom stereocenters. The van der Waals surface area contributed by atoms with Gasteiger partial charge in [0.25, 0.3) is 5.91 Å². The van der Waals surface area contributed by atoms with E-state index in [1.807, 2.05) is 12.1 Å². The number of nitriles is 1. The van der Waals surface area contributed by atoms with Crippen LogP contribution in [0.4, 0.5) is 10.2 Å². The van der Waals surface area contributed by atoms with Gasteiger partial charge in [-0.25, -0.2) is 14.2 Å². The van der Waals surface area contributed by atoms with Crippen LogP contribution in [0, 0.1) is 22.6 Å². The molecule has 232 valence electrons. The molecule has 0 spiro atoms. The molecule has 2 saturated heterocycles. The first-order valence-electron chi connectivity index (χ1n) is 15.2. The van der Waals surface area contributed by atoms with E-state index in [0.717, 1.165) is 19.3 Å². The van der Waals surface area contributed by atoms with Crippen molar-refractivity contribution in [2.75, 3.05) is 32.0 Å². The molecule has 10 nitrogen and oxygen atoms in total. The van der Waals surface area contributed by atoms with Crippen LogP contribution in [0.2, 0.25) is 0 Å². The number of para-hydroxylation sites is 1. The highest BCUT2D eigenvalue weighted by Crippen LogP contribution is 2.37. The van der Waals surface area contributed by atoms with E-state index in [1.165, 1.54) is 22.9 Å². The number of nitrogens with two attached hydrogens (primary N) is 1. The molecule has 6 rings (SSSR count). The molecule has 11 heteroatoms. The largest absolute Gasteiger partial charge is 0.454 e. The van der Waals surface area contributed by atoms with Gasteiger partial charge in [-0.05, 0) is 67.9 Å². The monoisotopic (exact) mass is 610 g/mol. The summed E-state index contributed by atoms with van der Waals surface area (Å²) < 4.78 is 29.5. The molecule has 2 fully saturated rings. The van der Waals surface area contributed by atoms with Gasteiger partial charge in [-0.2, -0.15) is 5.26 Å². The number of carbonyl (C=O) groups is 1. The van der Waals surface area contributed by atoms with Gasteiger partial charge >= 0.3 is 5.69 Å².